The van der Waals surface area contributed by atoms with E-state index in [9.17, 15) is 0 Å². The van der Waals surface area contributed by atoms with Gasteiger partial charge in [-0.1, -0.05) is 72.8 Å². The fourth-order valence-corrected chi connectivity index (χ4v) is 2.66. The standard InChI is InChI=1S/C20H15N/c1-2-8-15(9-3-1)14-20-18-12-5-4-10-16(18)17-11-6-7-13-19(17)21-20/h1-13H,14H2/i14D2. The summed E-state index contributed by atoms with van der Waals surface area (Å²) in [7, 11) is 0. The van der Waals surface area contributed by atoms with Crippen LogP contribution in [0, 0.1) is 0 Å². The lowest BCUT2D eigenvalue weighted by Crippen LogP contribution is -1.95. The van der Waals surface area contributed by atoms with Crippen LogP contribution < -0.4 is 0 Å². The average molecular weight is 271 g/mol. The van der Waals surface area contributed by atoms with Crippen LogP contribution in [-0.2, 0) is 6.37 Å². The fraction of sp³-hybridized carbons (Fsp3) is 0.0500. The predicted molar refractivity (Wildman–Crippen MR) is 88.5 cm³/mol. The quantitative estimate of drug-likeness (QED) is 0.469. The largest absolute Gasteiger partial charge is 0.252 e. The fourth-order valence-electron chi connectivity index (χ4n) is 2.66. The zero-order valence-electron chi connectivity index (χ0n) is 13.5. The maximum absolute atomic E-state index is 8.67. The Labute approximate surface area is 126 Å². The van der Waals surface area contributed by atoms with Gasteiger partial charge in [0.2, 0.25) is 0 Å². The predicted octanol–water partition coefficient (Wildman–Crippen LogP) is 4.98. The van der Waals surface area contributed by atoms with Crippen LogP contribution in [0.25, 0.3) is 21.7 Å². The maximum Gasteiger partial charge on any atom is 0.0711 e. The molecule has 1 nitrogen and oxygen atoms in total. The highest BCUT2D eigenvalue weighted by molar-refractivity contribution is 6.06. The second-order valence-electron chi connectivity index (χ2n) is 5.01. The van der Waals surface area contributed by atoms with Gasteiger partial charge in [-0.05, 0) is 17.0 Å². The van der Waals surface area contributed by atoms with Gasteiger partial charge in [0.1, 0.15) is 0 Å². The van der Waals surface area contributed by atoms with E-state index in [1.165, 1.54) is 0 Å². The first-order chi connectivity index (χ1) is 11.2. The Hall–Kier alpha value is -2.67. The van der Waals surface area contributed by atoms with Crippen LogP contribution in [-0.4, -0.2) is 4.98 Å². The van der Waals surface area contributed by atoms with E-state index in [0.29, 0.717) is 11.3 Å². The van der Waals surface area contributed by atoms with Gasteiger partial charge in [-0.3, -0.25) is 4.98 Å². The first-order valence-electron chi connectivity index (χ1n) is 8.01. The van der Waals surface area contributed by atoms with Crippen LogP contribution >= 0.6 is 0 Å². The van der Waals surface area contributed by atoms with Gasteiger partial charge in [-0.25, -0.2) is 0 Å². The highest BCUT2D eigenvalue weighted by atomic mass is 14.7. The Bertz CT molecular complexity index is 994. The summed E-state index contributed by atoms with van der Waals surface area (Å²) >= 11 is 0. The molecule has 0 fully saturated rings. The first kappa shape index (κ1) is 10.1. The maximum atomic E-state index is 8.67. The Morgan fingerprint density at radius 2 is 1.29 bits per heavy atom. The van der Waals surface area contributed by atoms with E-state index in [1.54, 1.807) is 0 Å². The smallest absolute Gasteiger partial charge is 0.0711 e. The second kappa shape index (κ2) is 5.02. The van der Waals surface area contributed by atoms with E-state index in [-0.39, 0.29) is 0 Å². The first-order valence-corrected chi connectivity index (χ1v) is 7.01. The summed E-state index contributed by atoms with van der Waals surface area (Å²) in [6.45, 7) is 0. The molecule has 0 unspecified atom stereocenters. The number of pyridine rings is 1. The van der Waals surface area contributed by atoms with Crippen LogP contribution in [0.5, 0.6) is 0 Å². The van der Waals surface area contributed by atoms with Gasteiger partial charge < -0.3 is 0 Å². The average Bonchev–Trinajstić information content (AvgIpc) is 2.62. The molecule has 1 aromatic heterocycles. The minimum atomic E-state index is -1.65. The number of aromatic nitrogens is 1. The number of rotatable bonds is 2. The van der Waals surface area contributed by atoms with Crippen LogP contribution in [0.4, 0.5) is 0 Å². The third kappa shape index (κ3) is 2.17. The summed E-state index contributed by atoms with van der Waals surface area (Å²) in [5.74, 6) is 0. The molecule has 0 amide bonds. The molecule has 0 bridgehead atoms. The third-order valence-electron chi connectivity index (χ3n) is 3.65. The SMILES string of the molecule is [2H]C([2H])(c1ccccc1)c1nc2ccccc2c2ccccc12. The molecular weight excluding hydrogens is 254 g/mol. The zero-order valence-corrected chi connectivity index (χ0v) is 11.5. The van der Waals surface area contributed by atoms with Gasteiger partial charge in [0.15, 0.2) is 0 Å². The molecule has 0 radical (unpaired) electrons. The van der Waals surface area contributed by atoms with Crippen molar-refractivity contribution in [3.8, 4) is 0 Å². The molecule has 0 saturated heterocycles. The van der Waals surface area contributed by atoms with Crippen molar-refractivity contribution in [1.82, 2.24) is 4.98 Å². The molecule has 0 aliphatic heterocycles. The van der Waals surface area contributed by atoms with Crippen LogP contribution in [0.3, 0.4) is 0 Å². The molecule has 0 N–H and O–H groups in total. The highest BCUT2D eigenvalue weighted by Gasteiger charge is 2.08. The molecule has 21 heavy (non-hydrogen) atoms. The van der Waals surface area contributed by atoms with Crippen molar-refractivity contribution in [3.63, 3.8) is 0 Å². The van der Waals surface area contributed by atoms with Gasteiger partial charge in [0.25, 0.3) is 0 Å². The normalized spacial score (nSPS) is 13.1. The van der Waals surface area contributed by atoms with Gasteiger partial charge in [0.05, 0.1) is 11.2 Å². The molecule has 1 heterocycles. The number of hydrogen-bond donors (Lipinski definition) is 0. The van der Waals surface area contributed by atoms with Crippen molar-refractivity contribution in [3.05, 3.63) is 90.1 Å². The lowest BCUT2D eigenvalue weighted by molar-refractivity contribution is 1.12. The molecule has 0 aliphatic carbocycles. The van der Waals surface area contributed by atoms with Crippen LogP contribution in [0.2, 0.25) is 0 Å². The second-order valence-corrected chi connectivity index (χ2v) is 5.01. The van der Waals surface area contributed by atoms with E-state index in [0.717, 1.165) is 21.7 Å². The van der Waals surface area contributed by atoms with Crippen molar-refractivity contribution < 1.29 is 2.74 Å². The van der Waals surface area contributed by atoms with Gasteiger partial charge in [-0.15, -0.1) is 0 Å². The Balaban J connectivity index is 2.10. The molecule has 1 heteroatoms. The molecule has 3 aromatic carbocycles. The van der Waals surface area contributed by atoms with E-state index in [1.807, 2.05) is 78.9 Å². The monoisotopic (exact) mass is 271 g/mol. The topological polar surface area (TPSA) is 12.9 Å². The van der Waals surface area contributed by atoms with Crippen molar-refractivity contribution >= 4 is 21.7 Å². The summed E-state index contributed by atoms with van der Waals surface area (Å²) < 4.78 is 17.3. The van der Waals surface area contributed by atoms with Gasteiger partial charge in [-0.2, -0.15) is 0 Å². The van der Waals surface area contributed by atoms with E-state index in [4.69, 9.17) is 2.74 Å². The Morgan fingerprint density at radius 3 is 2.10 bits per heavy atom. The number of hydrogen-bond acceptors (Lipinski definition) is 1. The van der Waals surface area contributed by atoms with Crippen LogP contribution in [0.15, 0.2) is 78.9 Å². The van der Waals surface area contributed by atoms with Crippen molar-refractivity contribution in [2.45, 2.75) is 6.37 Å². The summed E-state index contributed by atoms with van der Waals surface area (Å²) in [6, 6.07) is 25.0. The van der Waals surface area contributed by atoms with E-state index >= 15 is 0 Å². The zero-order chi connectivity index (χ0) is 15.9. The number of para-hydroxylation sites is 1. The molecule has 0 saturated carbocycles. The summed E-state index contributed by atoms with van der Waals surface area (Å²) in [5, 5.41) is 2.95. The van der Waals surface area contributed by atoms with E-state index < -0.39 is 6.37 Å². The van der Waals surface area contributed by atoms with E-state index in [2.05, 4.69) is 4.98 Å². The van der Waals surface area contributed by atoms with Gasteiger partial charge >= 0.3 is 0 Å². The van der Waals surface area contributed by atoms with Crippen LogP contribution in [0.1, 0.15) is 14.0 Å². The summed E-state index contributed by atoms with van der Waals surface area (Å²) in [4.78, 5) is 4.68. The summed E-state index contributed by atoms with van der Waals surface area (Å²) in [6.07, 6.45) is -1.65. The molecular formula is C20H15N. The van der Waals surface area contributed by atoms with Gasteiger partial charge in [0, 0.05) is 19.9 Å². The number of benzene rings is 3. The molecule has 0 spiro atoms. The minimum absolute atomic E-state index is 0.470. The minimum Gasteiger partial charge on any atom is -0.252 e. The molecule has 4 rings (SSSR count). The highest BCUT2D eigenvalue weighted by Crippen LogP contribution is 2.27. The lowest BCUT2D eigenvalue weighted by atomic mass is 10.0. The van der Waals surface area contributed by atoms with Crippen molar-refractivity contribution in [2.24, 2.45) is 0 Å². The number of fused-ring (bicyclic) bond motifs is 3. The molecule has 0 atom stereocenters. The lowest BCUT2D eigenvalue weighted by Gasteiger charge is -2.09. The Kier molecular flexibility index (Phi) is 2.42. The molecule has 4 aromatic rings. The third-order valence-corrected chi connectivity index (χ3v) is 3.65. The molecule has 0 aliphatic rings. The number of nitrogens with zero attached hydrogens (tertiary/aromatic N) is 1. The van der Waals surface area contributed by atoms with Crippen molar-refractivity contribution in [2.75, 3.05) is 0 Å². The molecule has 100 valence electrons. The van der Waals surface area contributed by atoms with Crippen molar-refractivity contribution in [1.29, 1.82) is 0 Å². The Morgan fingerprint density at radius 1 is 0.667 bits per heavy atom. The summed E-state index contributed by atoms with van der Waals surface area (Å²) in [5.41, 5.74) is 1.91.